The Kier molecular flexibility index (Phi) is 3.02. The molecule has 0 N–H and O–H groups in total. The zero-order valence-electron chi connectivity index (χ0n) is 11.4. The highest BCUT2D eigenvalue weighted by molar-refractivity contribution is 7.13. The maximum atomic E-state index is 12.5. The number of carbonyl (C=O) groups excluding carboxylic acids is 1. The third kappa shape index (κ3) is 2.04. The minimum absolute atomic E-state index is 0.226. The minimum atomic E-state index is 0.226. The van der Waals surface area contributed by atoms with Crippen LogP contribution in [0.5, 0.6) is 0 Å². The Morgan fingerprint density at radius 1 is 1.15 bits per heavy atom. The standard InChI is InChI=1S/C15H19N3OS/c19-14(11-3-1-2-4-11)17-7-12-9-18(10-13(12)8-17)15-16-5-6-20-15/h1-2,5-6,11-13H,3-4,7-10H2. The lowest BCUT2D eigenvalue weighted by Gasteiger charge is -2.23. The number of hydrogen-bond donors (Lipinski definition) is 0. The first-order valence-electron chi connectivity index (χ1n) is 7.39. The van der Waals surface area contributed by atoms with Crippen molar-refractivity contribution in [1.29, 1.82) is 0 Å². The highest BCUT2D eigenvalue weighted by Gasteiger charge is 2.43. The van der Waals surface area contributed by atoms with Gasteiger partial charge in [0.05, 0.1) is 0 Å². The Hall–Kier alpha value is -1.36. The fourth-order valence-corrected chi connectivity index (χ4v) is 4.44. The van der Waals surface area contributed by atoms with E-state index in [1.807, 2.05) is 11.6 Å². The molecule has 0 aromatic carbocycles. The molecule has 1 amide bonds. The second-order valence-electron chi connectivity index (χ2n) is 6.12. The second kappa shape index (κ2) is 4.88. The largest absolute Gasteiger partial charge is 0.347 e. The molecule has 1 aliphatic carbocycles. The summed E-state index contributed by atoms with van der Waals surface area (Å²) < 4.78 is 0. The average Bonchev–Trinajstić information content (AvgIpc) is 3.19. The first-order valence-corrected chi connectivity index (χ1v) is 8.27. The second-order valence-corrected chi connectivity index (χ2v) is 7.00. The van der Waals surface area contributed by atoms with E-state index in [4.69, 9.17) is 0 Å². The molecule has 2 aliphatic heterocycles. The van der Waals surface area contributed by atoms with Crippen LogP contribution in [0.25, 0.3) is 0 Å². The van der Waals surface area contributed by atoms with Gasteiger partial charge in [-0.15, -0.1) is 11.3 Å². The first kappa shape index (κ1) is 12.4. The number of allylic oxidation sites excluding steroid dienone is 2. The van der Waals surface area contributed by atoms with Gasteiger partial charge >= 0.3 is 0 Å². The molecule has 5 heteroatoms. The van der Waals surface area contributed by atoms with E-state index in [2.05, 4.69) is 26.9 Å². The lowest BCUT2D eigenvalue weighted by atomic mass is 10.0. The summed E-state index contributed by atoms with van der Waals surface area (Å²) in [5, 5.41) is 3.17. The number of rotatable bonds is 2. The van der Waals surface area contributed by atoms with Gasteiger partial charge in [-0.05, 0) is 12.8 Å². The van der Waals surface area contributed by atoms with Gasteiger partial charge in [0.2, 0.25) is 5.91 Å². The van der Waals surface area contributed by atoms with Gasteiger partial charge < -0.3 is 9.80 Å². The van der Waals surface area contributed by atoms with Crippen molar-refractivity contribution in [3.63, 3.8) is 0 Å². The van der Waals surface area contributed by atoms with Crippen molar-refractivity contribution in [2.24, 2.45) is 17.8 Å². The molecule has 4 nitrogen and oxygen atoms in total. The number of carbonyl (C=O) groups is 1. The van der Waals surface area contributed by atoms with E-state index in [0.717, 1.165) is 44.2 Å². The Morgan fingerprint density at radius 3 is 2.45 bits per heavy atom. The number of likely N-dealkylation sites (tertiary alicyclic amines) is 1. The molecule has 0 radical (unpaired) electrons. The highest BCUT2D eigenvalue weighted by Crippen LogP contribution is 2.35. The van der Waals surface area contributed by atoms with Gasteiger partial charge in [-0.1, -0.05) is 12.2 Å². The molecular formula is C15H19N3OS. The van der Waals surface area contributed by atoms with Crippen LogP contribution in [0.4, 0.5) is 5.13 Å². The fraction of sp³-hybridized carbons (Fsp3) is 0.600. The van der Waals surface area contributed by atoms with Gasteiger partial charge in [-0.25, -0.2) is 4.98 Å². The molecule has 2 saturated heterocycles. The van der Waals surface area contributed by atoms with E-state index in [1.54, 1.807) is 11.3 Å². The number of anilines is 1. The van der Waals surface area contributed by atoms with Gasteiger partial charge in [-0.3, -0.25) is 4.79 Å². The summed E-state index contributed by atoms with van der Waals surface area (Å²) in [5.41, 5.74) is 0. The smallest absolute Gasteiger partial charge is 0.226 e. The van der Waals surface area contributed by atoms with Crippen LogP contribution in [-0.2, 0) is 4.79 Å². The van der Waals surface area contributed by atoms with Crippen LogP contribution in [0.1, 0.15) is 12.8 Å². The molecule has 2 fully saturated rings. The molecule has 0 saturated carbocycles. The van der Waals surface area contributed by atoms with E-state index < -0.39 is 0 Å². The van der Waals surface area contributed by atoms with Gasteiger partial charge in [0.25, 0.3) is 0 Å². The molecule has 0 bridgehead atoms. The van der Waals surface area contributed by atoms with Crippen LogP contribution in [0.15, 0.2) is 23.7 Å². The van der Waals surface area contributed by atoms with Gasteiger partial charge in [0.15, 0.2) is 5.13 Å². The molecule has 20 heavy (non-hydrogen) atoms. The van der Waals surface area contributed by atoms with E-state index in [9.17, 15) is 4.79 Å². The highest BCUT2D eigenvalue weighted by atomic mass is 32.1. The number of nitrogens with zero attached hydrogens (tertiary/aromatic N) is 3. The Labute approximate surface area is 123 Å². The molecule has 1 aromatic rings. The average molecular weight is 289 g/mol. The summed E-state index contributed by atoms with van der Waals surface area (Å²) in [4.78, 5) is 21.4. The maximum Gasteiger partial charge on any atom is 0.226 e. The number of amides is 1. The first-order chi connectivity index (χ1) is 9.81. The van der Waals surface area contributed by atoms with Gasteiger partial charge in [0, 0.05) is 55.5 Å². The minimum Gasteiger partial charge on any atom is -0.347 e. The van der Waals surface area contributed by atoms with E-state index in [1.165, 1.54) is 0 Å². The van der Waals surface area contributed by atoms with Crippen molar-refractivity contribution in [2.75, 3.05) is 31.1 Å². The number of hydrogen-bond acceptors (Lipinski definition) is 4. The van der Waals surface area contributed by atoms with E-state index in [0.29, 0.717) is 17.7 Å². The molecule has 3 heterocycles. The lowest BCUT2D eigenvalue weighted by Crippen LogP contribution is -2.36. The SMILES string of the molecule is O=C(C1CC=CC1)N1CC2CN(c3nccs3)CC2C1. The summed E-state index contributed by atoms with van der Waals surface area (Å²) in [6.45, 7) is 4.01. The normalized spacial score (nSPS) is 29.4. The summed E-state index contributed by atoms with van der Waals surface area (Å²) in [6.07, 6.45) is 8.04. The number of thiazole rings is 1. The number of fused-ring (bicyclic) bond motifs is 1. The molecule has 3 aliphatic rings. The molecule has 1 aromatic heterocycles. The lowest BCUT2D eigenvalue weighted by molar-refractivity contribution is -0.134. The summed E-state index contributed by atoms with van der Waals surface area (Å²) in [7, 11) is 0. The Balaban J connectivity index is 1.38. The van der Waals surface area contributed by atoms with Crippen LogP contribution in [0, 0.1) is 17.8 Å². The molecule has 2 unspecified atom stereocenters. The Bertz CT molecular complexity index is 505. The predicted molar refractivity (Wildman–Crippen MR) is 79.8 cm³/mol. The summed E-state index contributed by atoms with van der Waals surface area (Å²) in [5.74, 6) is 1.88. The van der Waals surface area contributed by atoms with E-state index in [-0.39, 0.29) is 5.92 Å². The zero-order valence-corrected chi connectivity index (χ0v) is 12.3. The molecule has 106 valence electrons. The summed E-state index contributed by atoms with van der Waals surface area (Å²) >= 11 is 1.71. The third-order valence-corrected chi connectivity index (χ3v) is 5.68. The van der Waals surface area contributed by atoms with Crippen LogP contribution in [-0.4, -0.2) is 42.0 Å². The van der Waals surface area contributed by atoms with Crippen LogP contribution < -0.4 is 4.90 Å². The maximum absolute atomic E-state index is 12.5. The predicted octanol–water partition coefficient (Wildman–Crippen LogP) is 2.00. The van der Waals surface area contributed by atoms with Crippen LogP contribution in [0.3, 0.4) is 0 Å². The zero-order chi connectivity index (χ0) is 13.5. The summed E-state index contributed by atoms with van der Waals surface area (Å²) in [6, 6.07) is 0. The van der Waals surface area contributed by atoms with Crippen molar-refractivity contribution < 1.29 is 4.79 Å². The van der Waals surface area contributed by atoms with Crippen molar-refractivity contribution in [3.05, 3.63) is 23.7 Å². The quantitative estimate of drug-likeness (QED) is 0.781. The fourth-order valence-electron chi connectivity index (χ4n) is 3.78. The van der Waals surface area contributed by atoms with Crippen molar-refractivity contribution in [1.82, 2.24) is 9.88 Å². The van der Waals surface area contributed by atoms with Crippen molar-refractivity contribution in [2.45, 2.75) is 12.8 Å². The van der Waals surface area contributed by atoms with Crippen LogP contribution >= 0.6 is 11.3 Å². The topological polar surface area (TPSA) is 36.4 Å². The van der Waals surface area contributed by atoms with Crippen molar-refractivity contribution in [3.8, 4) is 0 Å². The van der Waals surface area contributed by atoms with Crippen molar-refractivity contribution >= 4 is 22.4 Å². The third-order valence-electron chi connectivity index (χ3n) is 4.84. The molecule has 4 rings (SSSR count). The Morgan fingerprint density at radius 2 is 1.85 bits per heavy atom. The van der Waals surface area contributed by atoms with Crippen LogP contribution in [0.2, 0.25) is 0 Å². The van der Waals surface area contributed by atoms with E-state index >= 15 is 0 Å². The molecule has 0 spiro atoms. The van der Waals surface area contributed by atoms with Gasteiger partial charge in [-0.2, -0.15) is 0 Å². The molecule has 2 atom stereocenters. The molecular weight excluding hydrogens is 270 g/mol. The monoisotopic (exact) mass is 289 g/mol. The van der Waals surface area contributed by atoms with Gasteiger partial charge in [0.1, 0.15) is 0 Å². The number of aromatic nitrogens is 1.